The van der Waals surface area contributed by atoms with Gasteiger partial charge in [-0.2, -0.15) is 0 Å². The third kappa shape index (κ3) is 2.12. The Balaban J connectivity index is 2.21. The van der Waals surface area contributed by atoms with Gasteiger partial charge in [0, 0.05) is 12.1 Å². The Hall–Kier alpha value is -1.49. The predicted molar refractivity (Wildman–Crippen MR) is 48.1 cm³/mol. The summed E-state index contributed by atoms with van der Waals surface area (Å²) in [6, 6.07) is 3.17. The minimum atomic E-state index is -0.613. The number of rotatable bonds is 1. The summed E-state index contributed by atoms with van der Waals surface area (Å²) in [7, 11) is 0. The number of hydrogen-bond acceptors (Lipinski definition) is 2. The van der Waals surface area contributed by atoms with Crippen molar-refractivity contribution < 1.29 is 18.3 Å². The lowest BCUT2D eigenvalue weighted by Crippen LogP contribution is -2.39. The van der Waals surface area contributed by atoms with E-state index in [4.69, 9.17) is 4.74 Å². The molecule has 3 nitrogen and oxygen atoms in total. The number of carbonyl (C=O) groups excluding carboxylic acids is 1. The van der Waals surface area contributed by atoms with Gasteiger partial charge in [-0.1, -0.05) is 0 Å². The normalized spacial score (nSPS) is 21.2. The summed E-state index contributed by atoms with van der Waals surface area (Å²) in [5.41, 5.74) is 0.134. The fourth-order valence-electron chi connectivity index (χ4n) is 1.45. The first-order valence-corrected chi connectivity index (χ1v) is 4.50. The standard InChI is InChI=1S/C10H9F2NO2/c11-6-1-2-8(12)7(3-6)9-4-13-10(14)5-15-9/h1-3,9H,4-5H2,(H,13,14)/t9-/m1/s1. The number of nitrogens with one attached hydrogen (secondary N) is 1. The highest BCUT2D eigenvalue weighted by molar-refractivity contribution is 5.77. The van der Waals surface area contributed by atoms with E-state index in [1.807, 2.05) is 0 Å². The molecule has 1 atom stereocenters. The Bertz CT molecular complexity index is 385. The minimum absolute atomic E-state index is 0.124. The van der Waals surface area contributed by atoms with E-state index < -0.39 is 17.7 Å². The molecule has 15 heavy (non-hydrogen) atoms. The number of benzene rings is 1. The molecule has 0 bridgehead atoms. The molecular formula is C10H9F2NO2. The molecule has 1 heterocycles. The van der Waals surface area contributed by atoms with Crippen LogP contribution in [0.2, 0.25) is 0 Å². The van der Waals surface area contributed by atoms with Crippen molar-refractivity contribution in [2.24, 2.45) is 0 Å². The summed E-state index contributed by atoms with van der Waals surface area (Å²) in [5.74, 6) is -1.30. The maximum atomic E-state index is 13.3. The van der Waals surface area contributed by atoms with Crippen LogP contribution < -0.4 is 5.32 Å². The number of ether oxygens (including phenoxy) is 1. The first-order valence-electron chi connectivity index (χ1n) is 4.50. The second-order valence-corrected chi connectivity index (χ2v) is 3.27. The van der Waals surface area contributed by atoms with Crippen LogP contribution in [0, 0.1) is 11.6 Å². The maximum absolute atomic E-state index is 13.3. The zero-order valence-corrected chi connectivity index (χ0v) is 7.80. The van der Waals surface area contributed by atoms with Crippen molar-refractivity contribution in [3.8, 4) is 0 Å². The SMILES string of the molecule is O=C1CO[C@@H](c2cc(F)ccc2F)CN1. The zero-order chi connectivity index (χ0) is 10.8. The van der Waals surface area contributed by atoms with Gasteiger partial charge in [0.1, 0.15) is 24.3 Å². The van der Waals surface area contributed by atoms with Crippen LogP contribution in [-0.2, 0) is 9.53 Å². The molecule has 80 valence electrons. The van der Waals surface area contributed by atoms with Gasteiger partial charge >= 0.3 is 0 Å². The molecular weight excluding hydrogens is 204 g/mol. The van der Waals surface area contributed by atoms with Crippen LogP contribution in [-0.4, -0.2) is 19.1 Å². The molecule has 1 aliphatic rings. The van der Waals surface area contributed by atoms with Gasteiger partial charge in [-0.05, 0) is 18.2 Å². The number of carbonyl (C=O) groups is 1. The topological polar surface area (TPSA) is 38.3 Å². The van der Waals surface area contributed by atoms with Crippen LogP contribution in [0.3, 0.4) is 0 Å². The Kier molecular flexibility index (Phi) is 2.64. The van der Waals surface area contributed by atoms with E-state index >= 15 is 0 Å². The second kappa shape index (κ2) is 3.94. The van der Waals surface area contributed by atoms with Crippen molar-refractivity contribution in [1.82, 2.24) is 5.32 Å². The molecule has 0 saturated carbocycles. The van der Waals surface area contributed by atoms with Gasteiger partial charge in [0.25, 0.3) is 0 Å². The molecule has 1 fully saturated rings. The third-order valence-electron chi connectivity index (χ3n) is 2.21. The largest absolute Gasteiger partial charge is 0.362 e. The number of halogens is 2. The van der Waals surface area contributed by atoms with Crippen molar-refractivity contribution in [2.45, 2.75) is 6.10 Å². The van der Waals surface area contributed by atoms with Crippen LogP contribution in [0.5, 0.6) is 0 Å². The van der Waals surface area contributed by atoms with E-state index in [9.17, 15) is 13.6 Å². The fourth-order valence-corrected chi connectivity index (χ4v) is 1.45. The molecule has 1 aromatic carbocycles. The zero-order valence-electron chi connectivity index (χ0n) is 7.80. The molecule has 0 aliphatic carbocycles. The van der Waals surface area contributed by atoms with Gasteiger partial charge in [-0.15, -0.1) is 0 Å². The molecule has 2 rings (SSSR count). The number of morpholine rings is 1. The van der Waals surface area contributed by atoms with Gasteiger partial charge in [0.2, 0.25) is 5.91 Å². The van der Waals surface area contributed by atoms with Crippen LogP contribution in [0.1, 0.15) is 11.7 Å². The van der Waals surface area contributed by atoms with E-state index in [0.29, 0.717) is 0 Å². The molecule has 5 heteroatoms. The van der Waals surface area contributed by atoms with Crippen LogP contribution >= 0.6 is 0 Å². The predicted octanol–water partition coefficient (Wildman–Crippen LogP) is 1.15. The van der Waals surface area contributed by atoms with E-state index in [2.05, 4.69) is 5.32 Å². The summed E-state index contributed by atoms with van der Waals surface area (Å²) in [6.45, 7) is 0.0415. The van der Waals surface area contributed by atoms with Crippen molar-refractivity contribution in [3.63, 3.8) is 0 Å². The second-order valence-electron chi connectivity index (χ2n) is 3.27. The molecule has 0 radical (unpaired) electrons. The highest BCUT2D eigenvalue weighted by Crippen LogP contribution is 2.22. The van der Waals surface area contributed by atoms with Crippen molar-refractivity contribution in [1.29, 1.82) is 0 Å². The molecule has 1 amide bonds. The average Bonchev–Trinajstić information content (AvgIpc) is 2.23. The lowest BCUT2D eigenvalue weighted by Gasteiger charge is -2.23. The van der Waals surface area contributed by atoms with E-state index in [1.165, 1.54) is 0 Å². The Morgan fingerprint density at radius 1 is 1.40 bits per heavy atom. The Labute approximate surface area is 85.0 Å². The third-order valence-corrected chi connectivity index (χ3v) is 2.21. The van der Waals surface area contributed by atoms with E-state index in [-0.39, 0.29) is 24.6 Å². The Morgan fingerprint density at radius 3 is 2.87 bits per heavy atom. The first kappa shape index (κ1) is 10.0. The van der Waals surface area contributed by atoms with Gasteiger partial charge in [0.05, 0.1) is 0 Å². The lowest BCUT2D eigenvalue weighted by molar-refractivity contribution is -0.133. The van der Waals surface area contributed by atoms with E-state index in [0.717, 1.165) is 18.2 Å². The molecule has 1 aliphatic heterocycles. The highest BCUT2D eigenvalue weighted by atomic mass is 19.1. The summed E-state index contributed by atoms with van der Waals surface area (Å²) < 4.78 is 31.3. The van der Waals surface area contributed by atoms with Crippen molar-refractivity contribution in [2.75, 3.05) is 13.2 Å². The summed E-state index contributed by atoms with van der Waals surface area (Å²) in [5, 5.41) is 2.52. The fraction of sp³-hybridized carbons (Fsp3) is 0.300. The van der Waals surface area contributed by atoms with Gasteiger partial charge < -0.3 is 10.1 Å². The monoisotopic (exact) mass is 213 g/mol. The molecule has 1 saturated heterocycles. The van der Waals surface area contributed by atoms with E-state index in [1.54, 1.807) is 0 Å². The number of amides is 1. The Morgan fingerprint density at radius 2 is 2.20 bits per heavy atom. The smallest absolute Gasteiger partial charge is 0.246 e. The van der Waals surface area contributed by atoms with Crippen molar-refractivity contribution >= 4 is 5.91 Å². The average molecular weight is 213 g/mol. The quantitative estimate of drug-likeness (QED) is 0.760. The first-order chi connectivity index (χ1) is 7.16. The minimum Gasteiger partial charge on any atom is -0.362 e. The van der Waals surface area contributed by atoms with Crippen molar-refractivity contribution in [3.05, 3.63) is 35.4 Å². The summed E-state index contributed by atoms with van der Waals surface area (Å²) >= 11 is 0. The lowest BCUT2D eigenvalue weighted by atomic mass is 10.1. The van der Waals surface area contributed by atoms with Gasteiger partial charge in [-0.3, -0.25) is 4.79 Å². The number of hydrogen-bond donors (Lipinski definition) is 1. The van der Waals surface area contributed by atoms with Crippen LogP contribution in [0.4, 0.5) is 8.78 Å². The highest BCUT2D eigenvalue weighted by Gasteiger charge is 2.23. The molecule has 0 spiro atoms. The van der Waals surface area contributed by atoms with Crippen LogP contribution in [0.15, 0.2) is 18.2 Å². The summed E-state index contributed by atoms with van der Waals surface area (Å²) in [6.07, 6.45) is -0.613. The summed E-state index contributed by atoms with van der Waals surface area (Å²) in [4.78, 5) is 10.8. The maximum Gasteiger partial charge on any atom is 0.246 e. The molecule has 0 aromatic heterocycles. The molecule has 1 N–H and O–H groups in total. The molecule has 1 aromatic rings. The molecule has 0 unspecified atom stereocenters. The van der Waals surface area contributed by atoms with Gasteiger partial charge in [0.15, 0.2) is 0 Å². The van der Waals surface area contributed by atoms with Crippen LogP contribution in [0.25, 0.3) is 0 Å². The van der Waals surface area contributed by atoms with Gasteiger partial charge in [-0.25, -0.2) is 8.78 Å².